The van der Waals surface area contributed by atoms with Gasteiger partial charge in [0.15, 0.2) is 5.70 Å². The van der Waals surface area contributed by atoms with Gasteiger partial charge in [-0.1, -0.05) is 36.4 Å². The number of nitrogens with two attached hydrogens (primary N) is 2. The Labute approximate surface area is 154 Å². The molecule has 0 aliphatic heterocycles. The van der Waals surface area contributed by atoms with Crippen LogP contribution in [-0.2, 0) is 4.79 Å². The third-order valence-corrected chi connectivity index (χ3v) is 4.49. The number of alkyl halides is 2. The van der Waals surface area contributed by atoms with Gasteiger partial charge in [-0.25, -0.2) is 13.6 Å². The minimum Gasteiger partial charge on any atom is -0.476 e. The molecule has 142 valence electrons. The molecule has 1 aliphatic rings. The van der Waals surface area contributed by atoms with Gasteiger partial charge in [-0.3, -0.25) is 5.84 Å². The van der Waals surface area contributed by atoms with E-state index in [2.05, 4.69) is 0 Å². The summed E-state index contributed by atoms with van der Waals surface area (Å²) in [7, 11) is 0. The van der Waals surface area contributed by atoms with Crippen LogP contribution in [-0.4, -0.2) is 17.0 Å². The third kappa shape index (κ3) is 4.17. The van der Waals surface area contributed by atoms with Gasteiger partial charge in [0.25, 0.3) is 0 Å². The number of hydrazine groups is 1. The van der Waals surface area contributed by atoms with Crippen molar-refractivity contribution in [3.05, 3.63) is 65.7 Å². The Morgan fingerprint density at radius 1 is 1.07 bits per heavy atom. The second-order valence-corrected chi connectivity index (χ2v) is 6.40. The van der Waals surface area contributed by atoms with Crippen LogP contribution in [0.1, 0.15) is 24.3 Å². The number of carboxylic acids is 1. The Morgan fingerprint density at radius 3 is 2.04 bits per heavy atom. The van der Waals surface area contributed by atoms with Gasteiger partial charge >= 0.3 is 5.97 Å². The summed E-state index contributed by atoms with van der Waals surface area (Å²) in [5.74, 6) is 1.13. The van der Waals surface area contributed by atoms with Gasteiger partial charge in [0.2, 0.25) is 11.8 Å². The van der Waals surface area contributed by atoms with Crippen molar-refractivity contribution in [3.8, 4) is 16.9 Å². The standard InChI is InChI=1S/C19H19F2N3O3/c20-19(21)9-14(10-19)13-3-1-11(2-4-13)12-5-7-15(8-6-12)27-17(22)16(24-23)18(25)26/h1-8,14,24H,9-10,22-23H2,(H,25,26)/b17-16+. The third-order valence-electron chi connectivity index (χ3n) is 4.49. The highest BCUT2D eigenvalue weighted by molar-refractivity contribution is 5.86. The monoisotopic (exact) mass is 375 g/mol. The molecule has 0 amide bonds. The summed E-state index contributed by atoms with van der Waals surface area (Å²) in [6, 6.07) is 14.3. The van der Waals surface area contributed by atoms with Crippen molar-refractivity contribution in [3.63, 3.8) is 0 Å². The van der Waals surface area contributed by atoms with E-state index in [-0.39, 0.29) is 24.6 Å². The van der Waals surface area contributed by atoms with Crippen LogP contribution in [0.3, 0.4) is 0 Å². The Bertz CT molecular complexity index is 857. The zero-order chi connectivity index (χ0) is 19.6. The second kappa shape index (κ2) is 7.24. The average Bonchev–Trinajstić information content (AvgIpc) is 2.61. The van der Waals surface area contributed by atoms with Crippen LogP contribution in [0.5, 0.6) is 5.75 Å². The van der Waals surface area contributed by atoms with E-state index in [1.807, 2.05) is 29.7 Å². The number of halogens is 2. The van der Waals surface area contributed by atoms with E-state index in [9.17, 15) is 13.6 Å². The number of ether oxygens (including phenoxy) is 1. The summed E-state index contributed by atoms with van der Waals surface area (Å²) in [6.45, 7) is 0. The van der Waals surface area contributed by atoms with Gasteiger partial charge in [-0.2, -0.15) is 0 Å². The molecule has 1 saturated carbocycles. The number of rotatable bonds is 6. The molecular weight excluding hydrogens is 356 g/mol. The van der Waals surface area contributed by atoms with Crippen LogP contribution in [0.4, 0.5) is 8.78 Å². The molecule has 2 aromatic carbocycles. The molecule has 3 rings (SSSR count). The molecule has 0 unspecified atom stereocenters. The summed E-state index contributed by atoms with van der Waals surface area (Å²) >= 11 is 0. The lowest BCUT2D eigenvalue weighted by atomic mass is 9.76. The van der Waals surface area contributed by atoms with Crippen LogP contribution < -0.4 is 21.7 Å². The van der Waals surface area contributed by atoms with Crippen molar-refractivity contribution in [2.75, 3.05) is 0 Å². The number of nitrogens with one attached hydrogen (secondary N) is 1. The number of benzene rings is 2. The smallest absolute Gasteiger partial charge is 0.358 e. The maximum atomic E-state index is 13.0. The van der Waals surface area contributed by atoms with Gasteiger partial charge in [0.1, 0.15) is 5.75 Å². The summed E-state index contributed by atoms with van der Waals surface area (Å²) in [5.41, 5.74) is 9.83. The SMILES string of the molecule is NN/C(C(=O)O)=C(\N)Oc1ccc(-c2ccc(C3CC(F)(F)C3)cc2)cc1. The van der Waals surface area contributed by atoms with Crippen molar-refractivity contribution in [2.24, 2.45) is 11.6 Å². The van der Waals surface area contributed by atoms with Crippen molar-refractivity contribution < 1.29 is 23.4 Å². The van der Waals surface area contributed by atoms with E-state index in [0.717, 1.165) is 16.7 Å². The lowest BCUT2D eigenvalue weighted by Crippen LogP contribution is -2.33. The van der Waals surface area contributed by atoms with Crippen LogP contribution in [0.25, 0.3) is 11.1 Å². The zero-order valence-electron chi connectivity index (χ0n) is 14.3. The normalized spacial score (nSPS) is 16.9. The minimum absolute atomic E-state index is 0.0841. The fourth-order valence-electron chi connectivity index (χ4n) is 2.98. The molecule has 0 atom stereocenters. The molecule has 6 N–H and O–H groups in total. The van der Waals surface area contributed by atoms with E-state index in [4.69, 9.17) is 21.4 Å². The van der Waals surface area contributed by atoms with Crippen molar-refractivity contribution in [1.82, 2.24) is 5.43 Å². The Balaban J connectivity index is 1.69. The van der Waals surface area contributed by atoms with E-state index in [0.29, 0.717) is 5.75 Å². The number of hydrogen-bond donors (Lipinski definition) is 4. The molecule has 0 aromatic heterocycles. The van der Waals surface area contributed by atoms with Gasteiger partial charge in [-0.15, -0.1) is 0 Å². The predicted molar refractivity (Wildman–Crippen MR) is 95.6 cm³/mol. The highest BCUT2D eigenvalue weighted by Gasteiger charge is 2.45. The van der Waals surface area contributed by atoms with Gasteiger partial charge in [-0.05, 0) is 34.7 Å². The van der Waals surface area contributed by atoms with E-state index < -0.39 is 17.6 Å². The average molecular weight is 375 g/mol. The molecule has 0 bridgehead atoms. The molecule has 2 aromatic rings. The van der Waals surface area contributed by atoms with Crippen LogP contribution in [0.15, 0.2) is 60.1 Å². The first-order chi connectivity index (χ1) is 12.8. The first kappa shape index (κ1) is 18.7. The molecule has 0 saturated heterocycles. The molecule has 8 heteroatoms. The Kier molecular flexibility index (Phi) is 5.00. The van der Waals surface area contributed by atoms with E-state index >= 15 is 0 Å². The molecular formula is C19H19F2N3O3. The maximum absolute atomic E-state index is 13.0. The maximum Gasteiger partial charge on any atom is 0.358 e. The van der Waals surface area contributed by atoms with Crippen LogP contribution in [0.2, 0.25) is 0 Å². The first-order valence-electron chi connectivity index (χ1n) is 8.25. The molecule has 1 fully saturated rings. The van der Waals surface area contributed by atoms with Crippen molar-refractivity contribution >= 4 is 5.97 Å². The van der Waals surface area contributed by atoms with Crippen LogP contribution in [0, 0.1) is 0 Å². The topological polar surface area (TPSA) is 111 Å². The molecule has 1 aliphatic carbocycles. The van der Waals surface area contributed by atoms with Gasteiger partial charge in [0, 0.05) is 12.8 Å². The molecule has 0 heterocycles. The largest absolute Gasteiger partial charge is 0.476 e. The number of hydrogen-bond acceptors (Lipinski definition) is 5. The Hall–Kier alpha value is -3.13. The first-order valence-corrected chi connectivity index (χ1v) is 8.25. The number of aliphatic carboxylic acids is 1. The number of carbonyl (C=O) groups is 1. The summed E-state index contributed by atoms with van der Waals surface area (Å²) in [5, 5.41) is 8.92. The fourth-order valence-corrected chi connectivity index (χ4v) is 2.98. The molecule has 27 heavy (non-hydrogen) atoms. The summed E-state index contributed by atoms with van der Waals surface area (Å²) < 4.78 is 31.3. The highest BCUT2D eigenvalue weighted by atomic mass is 19.3. The summed E-state index contributed by atoms with van der Waals surface area (Å²) in [6.07, 6.45) is -0.188. The number of carboxylic acid groups (broad SMARTS) is 1. The Morgan fingerprint density at radius 2 is 1.59 bits per heavy atom. The predicted octanol–water partition coefficient (Wildman–Crippen LogP) is 2.92. The lowest BCUT2D eigenvalue weighted by molar-refractivity contribution is -0.133. The highest BCUT2D eigenvalue weighted by Crippen LogP contribution is 2.48. The van der Waals surface area contributed by atoms with Gasteiger partial charge < -0.3 is 21.0 Å². The molecule has 6 nitrogen and oxygen atoms in total. The second-order valence-electron chi connectivity index (χ2n) is 6.40. The zero-order valence-corrected chi connectivity index (χ0v) is 14.3. The van der Waals surface area contributed by atoms with Crippen molar-refractivity contribution in [1.29, 1.82) is 0 Å². The van der Waals surface area contributed by atoms with Crippen LogP contribution >= 0.6 is 0 Å². The van der Waals surface area contributed by atoms with E-state index in [1.54, 1.807) is 24.3 Å². The quantitative estimate of drug-likeness (QED) is 0.267. The molecule has 0 spiro atoms. The van der Waals surface area contributed by atoms with E-state index in [1.165, 1.54) is 0 Å². The molecule has 0 radical (unpaired) electrons. The summed E-state index contributed by atoms with van der Waals surface area (Å²) in [4.78, 5) is 10.9. The lowest BCUT2D eigenvalue weighted by Gasteiger charge is -2.35. The van der Waals surface area contributed by atoms with Gasteiger partial charge in [0.05, 0.1) is 0 Å². The van der Waals surface area contributed by atoms with Crippen molar-refractivity contribution in [2.45, 2.75) is 24.7 Å². The fraction of sp³-hybridized carbons (Fsp3) is 0.211. The minimum atomic E-state index is -2.53.